The molecule has 4 rings (SSSR count). The van der Waals surface area contributed by atoms with Crippen LogP contribution >= 0.6 is 0 Å². The summed E-state index contributed by atoms with van der Waals surface area (Å²) >= 11 is 0. The highest BCUT2D eigenvalue weighted by atomic mass is 32.2. The van der Waals surface area contributed by atoms with Crippen LogP contribution in [-0.4, -0.2) is 41.9 Å². The number of carbonyl (C=O) groups excluding carboxylic acids is 1. The molecule has 2 aromatic carbocycles. The lowest BCUT2D eigenvalue weighted by atomic mass is 9.97. The number of benzene rings is 2. The first kappa shape index (κ1) is 20.3. The van der Waals surface area contributed by atoms with Gasteiger partial charge in [0, 0.05) is 31.7 Å². The summed E-state index contributed by atoms with van der Waals surface area (Å²) in [7, 11) is -3.49. The van der Waals surface area contributed by atoms with Crippen LogP contribution in [0.1, 0.15) is 18.4 Å². The highest BCUT2D eigenvalue weighted by Gasteiger charge is 2.31. The molecule has 8 heteroatoms. The maximum Gasteiger partial charge on any atom is 0.243 e. The summed E-state index contributed by atoms with van der Waals surface area (Å²) in [5.74, 6) is -0.194. The largest absolute Gasteiger partial charge is 0.352 e. The number of carbonyl (C=O) groups is 1. The topological polar surface area (TPSA) is 95.2 Å². The van der Waals surface area contributed by atoms with Crippen molar-refractivity contribution in [2.24, 2.45) is 5.92 Å². The van der Waals surface area contributed by atoms with Crippen molar-refractivity contribution in [3.63, 3.8) is 0 Å². The Balaban J connectivity index is 1.28. The third-order valence-electron chi connectivity index (χ3n) is 5.44. The SMILES string of the molecule is O=C(NCc1ccc(-c2ccn[nH]2)cc1)C1CCN(S(=O)(=O)c2ccccc2)CC1. The number of nitrogens with zero attached hydrogens (tertiary/aromatic N) is 2. The van der Waals surface area contributed by atoms with Crippen LogP contribution in [0.15, 0.2) is 71.8 Å². The van der Waals surface area contributed by atoms with Gasteiger partial charge in [-0.25, -0.2) is 8.42 Å². The van der Waals surface area contributed by atoms with Crippen LogP contribution in [0.25, 0.3) is 11.3 Å². The lowest BCUT2D eigenvalue weighted by molar-refractivity contribution is -0.126. The summed E-state index contributed by atoms with van der Waals surface area (Å²) in [6.45, 7) is 1.16. The summed E-state index contributed by atoms with van der Waals surface area (Å²) in [6, 6.07) is 18.3. The van der Waals surface area contributed by atoms with E-state index in [1.807, 2.05) is 30.3 Å². The molecular weight excluding hydrogens is 400 g/mol. The van der Waals surface area contributed by atoms with Crippen LogP contribution < -0.4 is 5.32 Å². The Kier molecular flexibility index (Phi) is 5.96. The van der Waals surface area contributed by atoms with Crippen molar-refractivity contribution in [3.8, 4) is 11.3 Å². The van der Waals surface area contributed by atoms with Gasteiger partial charge >= 0.3 is 0 Å². The standard InChI is InChI=1S/C22H24N4O3S/c27-22(23-16-17-6-8-18(9-7-17)21-10-13-24-25-21)19-11-14-26(15-12-19)30(28,29)20-4-2-1-3-5-20/h1-10,13,19H,11-12,14-16H2,(H,23,27)(H,24,25). The maximum atomic E-state index is 12.7. The number of nitrogens with one attached hydrogen (secondary N) is 2. The molecule has 7 nitrogen and oxygen atoms in total. The molecule has 0 spiro atoms. The molecule has 1 saturated heterocycles. The number of aromatic amines is 1. The molecule has 156 valence electrons. The summed E-state index contributed by atoms with van der Waals surface area (Å²) in [5.41, 5.74) is 2.99. The van der Waals surface area contributed by atoms with Crippen LogP contribution in [0.5, 0.6) is 0 Å². The smallest absolute Gasteiger partial charge is 0.243 e. The molecule has 1 fully saturated rings. The molecule has 30 heavy (non-hydrogen) atoms. The molecule has 1 aromatic heterocycles. The Hall–Kier alpha value is -2.97. The van der Waals surface area contributed by atoms with Crippen molar-refractivity contribution in [3.05, 3.63) is 72.4 Å². The Bertz CT molecular complexity index is 1070. The predicted molar refractivity (Wildman–Crippen MR) is 114 cm³/mol. The van der Waals surface area contributed by atoms with E-state index in [4.69, 9.17) is 0 Å². The normalized spacial score (nSPS) is 15.7. The van der Waals surface area contributed by atoms with Gasteiger partial charge in [0.1, 0.15) is 0 Å². The third-order valence-corrected chi connectivity index (χ3v) is 7.35. The number of piperidine rings is 1. The van der Waals surface area contributed by atoms with Crippen molar-refractivity contribution in [2.45, 2.75) is 24.3 Å². The van der Waals surface area contributed by atoms with Crippen LogP contribution in [0.2, 0.25) is 0 Å². The Labute approximate surface area is 176 Å². The first-order valence-corrected chi connectivity index (χ1v) is 11.4. The van der Waals surface area contributed by atoms with Gasteiger partial charge in [-0.15, -0.1) is 0 Å². The van der Waals surface area contributed by atoms with E-state index in [1.165, 1.54) is 4.31 Å². The molecule has 0 atom stereocenters. The van der Waals surface area contributed by atoms with Gasteiger partial charge in [0.15, 0.2) is 0 Å². The number of hydrogen-bond donors (Lipinski definition) is 2. The Morgan fingerprint density at radius 2 is 1.73 bits per heavy atom. The second-order valence-electron chi connectivity index (χ2n) is 7.38. The summed E-state index contributed by atoms with van der Waals surface area (Å²) in [6.07, 6.45) is 2.76. The lowest BCUT2D eigenvalue weighted by Crippen LogP contribution is -2.42. The third kappa shape index (κ3) is 4.44. The lowest BCUT2D eigenvalue weighted by Gasteiger charge is -2.30. The monoisotopic (exact) mass is 424 g/mol. The van der Waals surface area contributed by atoms with Crippen molar-refractivity contribution in [1.82, 2.24) is 19.8 Å². The minimum atomic E-state index is -3.49. The molecular formula is C22H24N4O3S. The first-order chi connectivity index (χ1) is 14.5. The summed E-state index contributed by atoms with van der Waals surface area (Å²) in [4.78, 5) is 12.9. The van der Waals surface area contributed by atoms with E-state index in [-0.39, 0.29) is 11.8 Å². The quantitative estimate of drug-likeness (QED) is 0.636. The van der Waals surface area contributed by atoms with E-state index in [0.29, 0.717) is 37.4 Å². The molecule has 1 aliphatic heterocycles. The molecule has 3 aromatic rings. The second kappa shape index (κ2) is 8.81. The van der Waals surface area contributed by atoms with E-state index in [1.54, 1.807) is 36.5 Å². The fourth-order valence-electron chi connectivity index (χ4n) is 3.65. The van der Waals surface area contributed by atoms with Gasteiger partial charge in [-0.2, -0.15) is 9.40 Å². The molecule has 0 unspecified atom stereocenters. The molecule has 1 aliphatic rings. The molecule has 2 N–H and O–H groups in total. The van der Waals surface area contributed by atoms with Crippen molar-refractivity contribution >= 4 is 15.9 Å². The number of sulfonamides is 1. The van der Waals surface area contributed by atoms with Gasteiger partial charge in [-0.05, 0) is 42.2 Å². The second-order valence-corrected chi connectivity index (χ2v) is 9.31. The number of H-pyrrole nitrogens is 1. The molecule has 2 heterocycles. The predicted octanol–water partition coefficient (Wildman–Crippen LogP) is 2.79. The highest BCUT2D eigenvalue weighted by Crippen LogP contribution is 2.24. The van der Waals surface area contributed by atoms with Crippen LogP contribution in [0, 0.1) is 5.92 Å². The Morgan fingerprint density at radius 1 is 1.03 bits per heavy atom. The molecule has 0 radical (unpaired) electrons. The minimum absolute atomic E-state index is 0.0237. The van der Waals surface area contributed by atoms with Gasteiger partial charge < -0.3 is 5.32 Å². The number of hydrogen-bond acceptors (Lipinski definition) is 4. The molecule has 1 amide bonds. The molecule has 0 saturated carbocycles. The summed E-state index contributed by atoms with van der Waals surface area (Å²) in [5, 5.41) is 9.85. The van der Waals surface area contributed by atoms with Gasteiger partial charge in [-0.1, -0.05) is 42.5 Å². The van der Waals surface area contributed by atoms with Crippen LogP contribution in [0.3, 0.4) is 0 Å². The van der Waals surface area contributed by atoms with Crippen LogP contribution in [0.4, 0.5) is 0 Å². The van der Waals surface area contributed by atoms with E-state index in [9.17, 15) is 13.2 Å². The Morgan fingerprint density at radius 3 is 2.37 bits per heavy atom. The maximum absolute atomic E-state index is 12.7. The fourth-order valence-corrected chi connectivity index (χ4v) is 5.14. The van der Waals surface area contributed by atoms with Gasteiger partial charge in [-0.3, -0.25) is 9.89 Å². The van der Waals surface area contributed by atoms with Gasteiger partial charge in [0.05, 0.1) is 10.6 Å². The van der Waals surface area contributed by atoms with Crippen molar-refractivity contribution in [1.29, 1.82) is 0 Å². The van der Waals surface area contributed by atoms with Crippen molar-refractivity contribution in [2.75, 3.05) is 13.1 Å². The fraction of sp³-hybridized carbons (Fsp3) is 0.273. The first-order valence-electron chi connectivity index (χ1n) is 9.95. The zero-order chi connectivity index (χ0) is 21.0. The highest BCUT2D eigenvalue weighted by molar-refractivity contribution is 7.89. The van der Waals surface area contributed by atoms with E-state index in [0.717, 1.165) is 16.8 Å². The van der Waals surface area contributed by atoms with Gasteiger partial charge in [0.2, 0.25) is 15.9 Å². The van der Waals surface area contributed by atoms with E-state index in [2.05, 4.69) is 15.5 Å². The molecule has 0 aliphatic carbocycles. The van der Waals surface area contributed by atoms with Crippen molar-refractivity contribution < 1.29 is 13.2 Å². The number of amides is 1. The average molecular weight is 425 g/mol. The van der Waals surface area contributed by atoms with Crippen LogP contribution in [-0.2, 0) is 21.4 Å². The van der Waals surface area contributed by atoms with Gasteiger partial charge in [0.25, 0.3) is 0 Å². The zero-order valence-corrected chi connectivity index (χ0v) is 17.3. The minimum Gasteiger partial charge on any atom is -0.352 e. The summed E-state index contributed by atoms with van der Waals surface area (Å²) < 4.78 is 26.9. The number of aromatic nitrogens is 2. The number of rotatable bonds is 6. The zero-order valence-electron chi connectivity index (χ0n) is 16.5. The average Bonchev–Trinajstić information content (AvgIpc) is 3.33. The van der Waals surface area contributed by atoms with E-state index < -0.39 is 10.0 Å². The molecule has 0 bridgehead atoms. The van der Waals surface area contributed by atoms with E-state index >= 15 is 0 Å².